The van der Waals surface area contributed by atoms with Crippen LogP contribution in [0.25, 0.3) is 20.7 Å². The van der Waals surface area contributed by atoms with Gasteiger partial charge in [-0.05, 0) is 50.6 Å². The lowest BCUT2D eigenvalue weighted by Crippen LogP contribution is -2.33. The number of aromatic carboxylic acids is 1. The van der Waals surface area contributed by atoms with Crippen LogP contribution in [0.5, 0.6) is 0 Å². The summed E-state index contributed by atoms with van der Waals surface area (Å²) in [6.07, 6.45) is 3.56. The van der Waals surface area contributed by atoms with Gasteiger partial charge in [-0.25, -0.2) is 14.8 Å². The number of hydrogen-bond acceptors (Lipinski definition) is 5. The monoisotopic (exact) mass is 399 g/mol. The van der Waals surface area contributed by atoms with E-state index >= 15 is 0 Å². The number of nitrogens with zero attached hydrogens (tertiary/aromatic N) is 3. The van der Waals surface area contributed by atoms with Crippen LogP contribution in [0.15, 0.2) is 28.6 Å². The van der Waals surface area contributed by atoms with Crippen LogP contribution >= 0.6 is 22.7 Å². The van der Waals surface area contributed by atoms with E-state index in [2.05, 4.69) is 16.0 Å². The fraction of sp³-hybridized carbons (Fsp3) is 0.350. The zero-order valence-corrected chi connectivity index (χ0v) is 17.0. The maximum Gasteiger partial charge on any atom is 0.348 e. The Hall–Kier alpha value is -2.25. The van der Waals surface area contributed by atoms with Crippen molar-refractivity contribution in [1.82, 2.24) is 9.88 Å². The minimum absolute atomic E-state index is 0.261. The Morgan fingerprint density at radius 2 is 2.07 bits per heavy atom. The van der Waals surface area contributed by atoms with E-state index in [4.69, 9.17) is 4.99 Å². The molecule has 0 unspecified atom stereocenters. The van der Waals surface area contributed by atoms with Crippen molar-refractivity contribution < 1.29 is 9.90 Å². The van der Waals surface area contributed by atoms with Crippen molar-refractivity contribution in [3.63, 3.8) is 0 Å². The number of fused-ring (bicyclic) bond motifs is 1. The molecule has 7 heteroatoms. The number of amidine groups is 1. The van der Waals surface area contributed by atoms with Crippen LogP contribution in [0, 0.1) is 6.92 Å². The van der Waals surface area contributed by atoms with Crippen LogP contribution in [-0.2, 0) is 0 Å². The summed E-state index contributed by atoms with van der Waals surface area (Å²) in [5.74, 6) is -0.0624. The van der Waals surface area contributed by atoms with Gasteiger partial charge in [0.05, 0.1) is 0 Å². The molecule has 1 saturated heterocycles. The molecule has 0 spiro atoms. The molecule has 5 nitrogen and oxygen atoms in total. The first-order valence-electron chi connectivity index (χ1n) is 9.06. The predicted octanol–water partition coefficient (Wildman–Crippen LogP) is 5.57. The topological polar surface area (TPSA) is 65.8 Å². The Balaban J connectivity index is 1.94. The van der Waals surface area contributed by atoms with Crippen molar-refractivity contribution in [2.45, 2.75) is 33.1 Å². The van der Waals surface area contributed by atoms with Crippen LogP contribution in [0.2, 0.25) is 0 Å². The molecule has 1 N–H and O–H groups in total. The number of hydrogen-bond donors (Lipinski definition) is 1. The minimum atomic E-state index is -0.946. The van der Waals surface area contributed by atoms with Crippen molar-refractivity contribution >= 4 is 50.4 Å². The van der Waals surface area contributed by atoms with Gasteiger partial charge in [0.25, 0.3) is 0 Å². The van der Waals surface area contributed by atoms with Crippen LogP contribution < -0.4 is 0 Å². The van der Waals surface area contributed by atoms with Crippen molar-refractivity contribution in [2.75, 3.05) is 13.1 Å². The van der Waals surface area contributed by atoms with Gasteiger partial charge in [0, 0.05) is 34.6 Å². The zero-order valence-electron chi connectivity index (χ0n) is 15.4. The smallest absolute Gasteiger partial charge is 0.348 e. The second kappa shape index (κ2) is 7.40. The summed E-state index contributed by atoms with van der Waals surface area (Å²) in [5.41, 5.74) is 2.44. The number of carboxylic acid groups (broad SMARTS) is 1. The maximum atomic E-state index is 11.9. The lowest BCUT2D eigenvalue weighted by atomic mass is 10.1. The first kappa shape index (κ1) is 18.1. The molecule has 0 saturated carbocycles. The standard InChI is InChI=1S/C20H21N3O2S2/c1-12-11-14(15-7-6-10-26-15)16-17(18(20(24)25)27-19(16)21-12)22-13(2)23-8-4-3-5-9-23/h6-7,10-11H,3-5,8-9H2,1-2H3,(H,24,25). The van der Waals surface area contributed by atoms with E-state index in [1.807, 2.05) is 31.4 Å². The van der Waals surface area contributed by atoms with Gasteiger partial charge >= 0.3 is 5.97 Å². The average Bonchev–Trinajstić information content (AvgIpc) is 3.30. The van der Waals surface area contributed by atoms with E-state index in [0.29, 0.717) is 5.69 Å². The van der Waals surface area contributed by atoms with E-state index in [1.54, 1.807) is 11.3 Å². The van der Waals surface area contributed by atoms with Crippen LogP contribution in [0.1, 0.15) is 41.6 Å². The quantitative estimate of drug-likeness (QED) is 0.462. The summed E-state index contributed by atoms with van der Waals surface area (Å²) in [7, 11) is 0. The van der Waals surface area contributed by atoms with E-state index in [0.717, 1.165) is 58.1 Å². The third kappa shape index (κ3) is 3.49. The molecule has 0 bridgehead atoms. The third-order valence-electron chi connectivity index (χ3n) is 4.83. The maximum absolute atomic E-state index is 11.9. The van der Waals surface area contributed by atoms with Crippen LogP contribution in [0.3, 0.4) is 0 Å². The number of rotatable bonds is 3. The Kier molecular flexibility index (Phi) is 4.97. The second-order valence-corrected chi connectivity index (χ2v) is 8.71. The van der Waals surface area contributed by atoms with E-state index in [9.17, 15) is 9.90 Å². The Bertz CT molecular complexity index is 1020. The van der Waals surface area contributed by atoms with Gasteiger partial charge in [-0.1, -0.05) is 6.07 Å². The molecule has 140 valence electrons. The van der Waals surface area contributed by atoms with E-state index in [1.165, 1.54) is 17.8 Å². The molecule has 3 aromatic rings. The Labute approximate surface area is 166 Å². The molecule has 0 radical (unpaired) electrons. The molecular formula is C20H21N3O2S2. The summed E-state index contributed by atoms with van der Waals surface area (Å²) in [6, 6.07) is 6.09. The SMILES string of the molecule is CC(=Nc1c(C(=O)O)sc2nc(C)cc(-c3cccs3)c12)N1CCCCC1. The van der Waals surface area contributed by atoms with Gasteiger partial charge in [-0.2, -0.15) is 0 Å². The van der Waals surface area contributed by atoms with Gasteiger partial charge in [0.15, 0.2) is 0 Å². The van der Waals surface area contributed by atoms with Crippen molar-refractivity contribution in [1.29, 1.82) is 0 Å². The Morgan fingerprint density at radius 3 is 2.74 bits per heavy atom. The third-order valence-corrected chi connectivity index (χ3v) is 6.80. The molecular weight excluding hydrogens is 378 g/mol. The highest BCUT2D eigenvalue weighted by Crippen LogP contribution is 2.44. The molecule has 1 aliphatic heterocycles. The van der Waals surface area contributed by atoms with Crippen molar-refractivity contribution in [2.24, 2.45) is 4.99 Å². The molecule has 27 heavy (non-hydrogen) atoms. The molecule has 3 aromatic heterocycles. The highest BCUT2D eigenvalue weighted by Gasteiger charge is 2.23. The zero-order chi connectivity index (χ0) is 19.0. The van der Waals surface area contributed by atoms with Crippen molar-refractivity contribution in [3.8, 4) is 10.4 Å². The molecule has 4 heterocycles. The Morgan fingerprint density at radius 1 is 1.30 bits per heavy atom. The minimum Gasteiger partial charge on any atom is -0.477 e. The fourth-order valence-electron chi connectivity index (χ4n) is 3.53. The van der Waals surface area contributed by atoms with Gasteiger partial charge in [-0.15, -0.1) is 22.7 Å². The summed E-state index contributed by atoms with van der Waals surface area (Å²) in [6.45, 7) is 5.88. The number of aryl methyl sites for hydroxylation is 1. The van der Waals surface area contributed by atoms with E-state index in [-0.39, 0.29) is 4.88 Å². The number of likely N-dealkylation sites (tertiary alicyclic amines) is 1. The lowest BCUT2D eigenvalue weighted by Gasteiger charge is -2.28. The predicted molar refractivity (Wildman–Crippen MR) is 113 cm³/mol. The highest BCUT2D eigenvalue weighted by atomic mass is 32.1. The van der Waals surface area contributed by atoms with Crippen LogP contribution in [-0.4, -0.2) is 39.9 Å². The first-order valence-corrected chi connectivity index (χ1v) is 10.8. The number of aliphatic imine (C=N–C) groups is 1. The van der Waals surface area contributed by atoms with Crippen molar-refractivity contribution in [3.05, 3.63) is 34.2 Å². The average molecular weight is 400 g/mol. The highest BCUT2D eigenvalue weighted by molar-refractivity contribution is 7.21. The number of carbonyl (C=O) groups is 1. The first-order chi connectivity index (χ1) is 13.0. The summed E-state index contributed by atoms with van der Waals surface area (Å²) in [5, 5.41) is 12.7. The molecule has 1 fully saturated rings. The van der Waals surface area contributed by atoms with Gasteiger partial charge in [-0.3, -0.25) is 0 Å². The number of aromatic nitrogens is 1. The van der Waals surface area contributed by atoms with Gasteiger partial charge in [0.1, 0.15) is 21.2 Å². The van der Waals surface area contributed by atoms with Gasteiger partial charge < -0.3 is 10.0 Å². The molecule has 1 aliphatic rings. The molecule has 0 amide bonds. The molecule has 0 aliphatic carbocycles. The summed E-state index contributed by atoms with van der Waals surface area (Å²) in [4.78, 5) is 25.7. The van der Waals surface area contributed by atoms with Crippen LogP contribution in [0.4, 0.5) is 5.69 Å². The molecule has 0 atom stereocenters. The van der Waals surface area contributed by atoms with E-state index < -0.39 is 5.97 Å². The summed E-state index contributed by atoms with van der Waals surface area (Å²) < 4.78 is 0. The number of pyridine rings is 1. The summed E-state index contributed by atoms with van der Waals surface area (Å²) >= 11 is 2.86. The normalized spacial score (nSPS) is 15.5. The number of carboxylic acids is 1. The lowest BCUT2D eigenvalue weighted by molar-refractivity contribution is 0.0703. The van der Waals surface area contributed by atoms with Gasteiger partial charge in [0.2, 0.25) is 0 Å². The largest absolute Gasteiger partial charge is 0.477 e. The molecule has 0 aromatic carbocycles. The number of thiophene rings is 2. The number of piperidine rings is 1. The second-order valence-electron chi connectivity index (χ2n) is 6.76. The fourth-order valence-corrected chi connectivity index (χ4v) is 5.31. The molecule has 4 rings (SSSR count).